The van der Waals surface area contributed by atoms with E-state index in [0.29, 0.717) is 42.7 Å². The first-order valence-corrected chi connectivity index (χ1v) is 11.3. The van der Waals surface area contributed by atoms with Crippen molar-refractivity contribution in [3.8, 4) is 11.5 Å². The number of carbonyl (C=O) groups is 2. The Labute approximate surface area is 197 Å². The topological polar surface area (TPSA) is 76.0 Å². The summed E-state index contributed by atoms with van der Waals surface area (Å²) >= 11 is 0. The smallest absolute Gasteiger partial charge is 0.322 e. The molecule has 1 aromatic carbocycles. The molecule has 2 aromatic rings. The number of nitrogens with zero attached hydrogens (tertiary/aromatic N) is 3. The number of anilines is 1. The van der Waals surface area contributed by atoms with Crippen molar-refractivity contribution < 1.29 is 19.1 Å². The van der Waals surface area contributed by atoms with Gasteiger partial charge in [0.15, 0.2) is 0 Å². The summed E-state index contributed by atoms with van der Waals surface area (Å²) in [5.41, 5.74) is 1.57. The molecular weight excluding hydrogens is 420 g/mol. The maximum atomic E-state index is 13.3. The van der Waals surface area contributed by atoms with Gasteiger partial charge in [-0.2, -0.15) is 0 Å². The molecule has 0 radical (unpaired) electrons. The summed E-state index contributed by atoms with van der Waals surface area (Å²) in [7, 11) is 5.07. The molecule has 0 saturated carbocycles. The van der Waals surface area contributed by atoms with E-state index in [1.807, 2.05) is 48.7 Å². The molecule has 1 N–H and O–H groups in total. The number of aryl methyl sites for hydroxylation is 1. The van der Waals surface area contributed by atoms with Gasteiger partial charge in [0, 0.05) is 38.1 Å². The predicted molar refractivity (Wildman–Crippen MR) is 131 cm³/mol. The van der Waals surface area contributed by atoms with Gasteiger partial charge >= 0.3 is 6.03 Å². The van der Waals surface area contributed by atoms with Gasteiger partial charge in [-0.15, -0.1) is 0 Å². The Morgan fingerprint density at radius 3 is 2.21 bits per heavy atom. The van der Waals surface area contributed by atoms with Crippen LogP contribution in [0.2, 0.25) is 0 Å². The van der Waals surface area contributed by atoms with Gasteiger partial charge in [-0.05, 0) is 36.1 Å². The minimum absolute atomic E-state index is 0.000371. The lowest BCUT2D eigenvalue weighted by molar-refractivity contribution is -0.133. The highest BCUT2D eigenvalue weighted by atomic mass is 16.5. The van der Waals surface area contributed by atoms with Gasteiger partial charge in [0.1, 0.15) is 18.0 Å². The number of urea groups is 1. The first-order valence-electron chi connectivity index (χ1n) is 11.3. The van der Waals surface area contributed by atoms with Gasteiger partial charge in [-0.1, -0.05) is 27.7 Å². The third-order valence-corrected chi connectivity index (χ3v) is 5.19. The molecule has 182 valence electrons. The van der Waals surface area contributed by atoms with Crippen LogP contribution < -0.4 is 14.8 Å². The number of hydrogen-bond acceptors (Lipinski definition) is 4. The SMILES string of the molecule is COc1ccc(NC(=O)N(CC(=O)N(Cc2cccn2C)CC(C)C)CC(C)C)c(OC)c1. The highest BCUT2D eigenvalue weighted by molar-refractivity contribution is 5.93. The highest BCUT2D eigenvalue weighted by Gasteiger charge is 2.24. The van der Waals surface area contributed by atoms with E-state index in [-0.39, 0.29) is 24.4 Å². The molecule has 1 aromatic heterocycles. The van der Waals surface area contributed by atoms with Crippen LogP contribution >= 0.6 is 0 Å². The largest absolute Gasteiger partial charge is 0.497 e. The van der Waals surface area contributed by atoms with Crippen molar-refractivity contribution in [1.82, 2.24) is 14.4 Å². The van der Waals surface area contributed by atoms with Crippen LogP contribution in [0.25, 0.3) is 0 Å². The molecule has 33 heavy (non-hydrogen) atoms. The predicted octanol–water partition coefficient (Wildman–Crippen LogP) is 4.22. The number of rotatable bonds is 11. The van der Waals surface area contributed by atoms with Crippen LogP contribution in [0, 0.1) is 11.8 Å². The van der Waals surface area contributed by atoms with E-state index in [2.05, 4.69) is 19.2 Å². The first kappa shape index (κ1) is 26.1. The Morgan fingerprint density at radius 2 is 1.67 bits per heavy atom. The van der Waals surface area contributed by atoms with Crippen LogP contribution in [-0.4, -0.2) is 60.2 Å². The maximum absolute atomic E-state index is 13.3. The van der Waals surface area contributed by atoms with E-state index in [1.54, 1.807) is 30.2 Å². The van der Waals surface area contributed by atoms with Gasteiger partial charge in [-0.3, -0.25) is 4.79 Å². The van der Waals surface area contributed by atoms with Crippen molar-refractivity contribution in [1.29, 1.82) is 0 Å². The summed E-state index contributed by atoms with van der Waals surface area (Å²) in [6.07, 6.45) is 1.97. The monoisotopic (exact) mass is 458 g/mol. The van der Waals surface area contributed by atoms with Crippen LogP contribution in [0.1, 0.15) is 33.4 Å². The fraction of sp³-hybridized carbons (Fsp3) is 0.520. The summed E-state index contributed by atoms with van der Waals surface area (Å²) in [4.78, 5) is 29.9. The Kier molecular flexibility index (Phi) is 9.63. The van der Waals surface area contributed by atoms with Crippen molar-refractivity contribution in [2.75, 3.05) is 39.2 Å². The van der Waals surface area contributed by atoms with E-state index in [9.17, 15) is 9.59 Å². The lowest BCUT2D eigenvalue weighted by Crippen LogP contribution is -2.46. The zero-order chi connectivity index (χ0) is 24.5. The summed E-state index contributed by atoms with van der Waals surface area (Å²) in [6.45, 7) is 9.79. The minimum Gasteiger partial charge on any atom is -0.497 e. The van der Waals surface area contributed by atoms with Crippen LogP contribution in [0.4, 0.5) is 10.5 Å². The van der Waals surface area contributed by atoms with Gasteiger partial charge in [0.05, 0.1) is 26.5 Å². The van der Waals surface area contributed by atoms with Gasteiger partial charge < -0.3 is 29.2 Å². The number of aromatic nitrogens is 1. The summed E-state index contributed by atoms with van der Waals surface area (Å²) in [5, 5.41) is 2.89. The Balaban J connectivity index is 2.19. The number of hydrogen-bond donors (Lipinski definition) is 1. The van der Waals surface area contributed by atoms with Crippen LogP contribution in [0.3, 0.4) is 0 Å². The minimum atomic E-state index is -0.344. The third kappa shape index (κ3) is 7.73. The second-order valence-corrected chi connectivity index (χ2v) is 9.05. The molecule has 8 heteroatoms. The van der Waals surface area contributed by atoms with E-state index in [4.69, 9.17) is 9.47 Å². The van der Waals surface area contributed by atoms with Crippen molar-refractivity contribution in [3.05, 3.63) is 42.2 Å². The maximum Gasteiger partial charge on any atom is 0.322 e. The van der Waals surface area contributed by atoms with Crippen molar-refractivity contribution in [2.24, 2.45) is 18.9 Å². The first-order chi connectivity index (χ1) is 15.6. The van der Waals surface area contributed by atoms with E-state index < -0.39 is 0 Å². The van der Waals surface area contributed by atoms with E-state index >= 15 is 0 Å². The fourth-order valence-electron chi connectivity index (χ4n) is 3.57. The fourth-order valence-corrected chi connectivity index (χ4v) is 3.57. The number of nitrogens with one attached hydrogen (secondary N) is 1. The van der Waals surface area contributed by atoms with Gasteiger partial charge in [-0.25, -0.2) is 4.79 Å². The van der Waals surface area contributed by atoms with Crippen molar-refractivity contribution in [3.63, 3.8) is 0 Å². The molecule has 0 unspecified atom stereocenters. The molecule has 3 amide bonds. The third-order valence-electron chi connectivity index (χ3n) is 5.19. The number of amides is 3. The molecule has 0 aliphatic carbocycles. The molecular formula is C25H38N4O4. The zero-order valence-corrected chi connectivity index (χ0v) is 20.9. The zero-order valence-electron chi connectivity index (χ0n) is 20.9. The average Bonchev–Trinajstić information content (AvgIpc) is 3.16. The molecule has 0 atom stereocenters. The van der Waals surface area contributed by atoms with Crippen molar-refractivity contribution >= 4 is 17.6 Å². The number of methoxy groups -OCH3 is 2. The lowest BCUT2D eigenvalue weighted by atomic mass is 10.2. The number of benzene rings is 1. The quantitative estimate of drug-likeness (QED) is 0.547. The molecule has 8 nitrogen and oxygen atoms in total. The lowest BCUT2D eigenvalue weighted by Gasteiger charge is -2.30. The summed E-state index contributed by atoms with van der Waals surface area (Å²) in [6, 6.07) is 8.82. The van der Waals surface area contributed by atoms with Gasteiger partial charge in [0.2, 0.25) is 5.91 Å². The number of ether oxygens (including phenoxy) is 2. The average molecular weight is 459 g/mol. The molecule has 0 bridgehead atoms. The normalized spacial score (nSPS) is 10.9. The Hall–Kier alpha value is -3.16. The molecule has 0 saturated heterocycles. The highest BCUT2D eigenvalue weighted by Crippen LogP contribution is 2.29. The second kappa shape index (κ2) is 12.2. The number of carbonyl (C=O) groups excluding carboxylic acids is 2. The Bertz CT molecular complexity index is 923. The molecule has 2 rings (SSSR count). The molecule has 0 aliphatic heterocycles. The summed E-state index contributed by atoms with van der Waals surface area (Å²) in [5.74, 6) is 1.55. The second-order valence-electron chi connectivity index (χ2n) is 9.05. The van der Waals surface area contributed by atoms with Crippen molar-refractivity contribution in [2.45, 2.75) is 34.2 Å². The molecule has 0 spiro atoms. The van der Waals surface area contributed by atoms with E-state index in [0.717, 1.165) is 5.69 Å². The Morgan fingerprint density at radius 1 is 1.00 bits per heavy atom. The molecule has 0 aliphatic rings. The standard InChI is InChI=1S/C25H38N4O4/c1-18(2)14-28(16-20-9-8-12-27(20)5)24(30)17-29(15-19(3)4)25(31)26-22-11-10-21(32-6)13-23(22)33-7/h8-13,18-19H,14-17H2,1-7H3,(H,26,31). The van der Waals surface area contributed by atoms with Crippen LogP contribution in [0.5, 0.6) is 11.5 Å². The van der Waals surface area contributed by atoms with Crippen LogP contribution in [-0.2, 0) is 18.4 Å². The van der Waals surface area contributed by atoms with Crippen LogP contribution in [0.15, 0.2) is 36.5 Å². The molecule has 0 fully saturated rings. The van der Waals surface area contributed by atoms with Gasteiger partial charge in [0.25, 0.3) is 0 Å². The molecule has 1 heterocycles. The van der Waals surface area contributed by atoms with E-state index in [1.165, 1.54) is 7.11 Å². The summed E-state index contributed by atoms with van der Waals surface area (Å²) < 4.78 is 12.6.